The smallest absolute Gasteiger partial charge is 0.387 e. The van der Waals surface area contributed by atoms with Gasteiger partial charge in [-0.1, -0.05) is 6.42 Å². The molecule has 1 aromatic rings. The fourth-order valence-electron chi connectivity index (χ4n) is 3.45. The van der Waals surface area contributed by atoms with E-state index in [4.69, 9.17) is 9.47 Å². The van der Waals surface area contributed by atoms with E-state index < -0.39 is 12.2 Å². The number of halogens is 2. The molecule has 0 aliphatic heterocycles. The highest BCUT2D eigenvalue weighted by molar-refractivity contribution is 6.05. The molecule has 1 saturated carbocycles. The lowest BCUT2D eigenvalue weighted by Crippen LogP contribution is -2.39. The third-order valence-electron chi connectivity index (χ3n) is 5.42. The maximum Gasteiger partial charge on any atom is 0.387 e. The molecular formula is C21H26F2N2O3. The number of amides is 1. The van der Waals surface area contributed by atoms with E-state index in [0.29, 0.717) is 23.8 Å². The molecular weight excluding hydrogens is 366 g/mol. The topological polar surface area (TPSA) is 60.5 Å². The van der Waals surface area contributed by atoms with Crippen molar-refractivity contribution in [1.29, 1.82) is 0 Å². The second-order valence-electron chi connectivity index (χ2n) is 7.72. The van der Waals surface area contributed by atoms with Gasteiger partial charge in [0.25, 0.3) is 5.91 Å². The fraction of sp³-hybridized carbons (Fsp3) is 0.524. The molecule has 1 unspecified atom stereocenters. The van der Waals surface area contributed by atoms with Crippen LogP contribution < -0.4 is 5.32 Å². The second-order valence-corrected chi connectivity index (χ2v) is 7.72. The molecule has 1 heterocycles. The normalized spacial score (nSPS) is 22.4. The lowest BCUT2D eigenvalue weighted by Gasteiger charge is -2.37. The lowest BCUT2D eigenvalue weighted by molar-refractivity contribution is -0.144. The van der Waals surface area contributed by atoms with Crippen LogP contribution in [0.25, 0.3) is 0 Å². The highest BCUT2D eigenvalue weighted by Gasteiger charge is 2.39. The van der Waals surface area contributed by atoms with Crippen LogP contribution in [0.3, 0.4) is 0 Å². The first-order chi connectivity index (χ1) is 13.3. The summed E-state index contributed by atoms with van der Waals surface area (Å²) in [7, 11) is 0. The van der Waals surface area contributed by atoms with Gasteiger partial charge in [0.1, 0.15) is 11.4 Å². The van der Waals surface area contributed by atoms with Crippen molar-refractivity contribution < 1.29 is 23.0 Å². The molecule has 1 fully saturated rings. The molecule has 7 heteroatoms. The number of pyridine rings is 1. The van der Waals surface area contributed by atoms with Crippen LogP contribution in [0.4, 0.5) is 14.5 Å². The maximum atomic E-state index is 12.8. The van der Waals surface area contributed by atoms with Crippen molar-refractivity contribution in [3.63, 3.8) is 0 Å². The Kier molecular flexibility index (Phi) is 6.13. The Bertz CT molecular complexity index is 783. The summed E-state index contributed by atoms with van der Waals surface area (Å²) in [6.45, 7) is 2.96. The zero-order valence-corrected chi connectivity index (χ0v) is 16.4. The number of allylic oxidation sites excluding steroid dienone is 2. The quantitative estimate of drug-likeness (QED) is 0.733. The Morgan fingerprint density at radius 3 is 2.54 bits per heavy atom. The van der Waals surface area contributed by atoms with Crippen LogP contribution in [-0.2, 0) is 14.3 Å². The Balaban J connectivity index is 1.77. The molecule has 1 atom stereocenters. The second kappa shape index (κ2) is 8.39. The summed E-state index contributed by atoms with van der Waals surface area (Å²) < 4.78 is 36.4. The largest absolute Gasteiger partial charge is 0.436 e. The van der Waals surface area contributed by atoms with Crippen molar-refractivity contribution >= 4 is 11.6 Å². The lowest BCUT2D eigenvalue weighted by atomic mass is 9.85. The van der Waals surface area contributed by atoms with Crippen molar-refractivity contribution in [2.45, 2.75) is 58.7 Å². The molecule has 1 amide bonds. The molecule has 0 bridgehead atoms. The molecule has 152 valence electrons. The summed E-state index contributed by atoms with van der Waals surface area (Å²) in [4.78, 5) is 16.9. The monoisotopic (exact) mass is 392 g/mol. The van der Waals surface area contributed by atoms with Crippen molar-refractivity contribution in [3.05, 3.63) is 47.0 Å². The van der Waals surface area contributed by atoms with Gasteiger partial charge in [-0.2, -0.15) is 8.78 Å². The fourth-order valence-corrected chi connectivity index (χ4v) is 3.45. The average Bonchev–Trinajstić information content (AvgIpc) is 2.58. The summed E-state index contributed by atoms with van der Waals surface area (Å²) in [6, 6.07) is 0. The van der Waals surface area contributed by atoms with Gasteiger partial charge in [0.2, 0.25) is 0 Å². The van der Waals surface area contributed by atoms with Gasteiger partial charge >= 0.3 is 6.61 Å². The number of carbonyl (C=O) groups excluding carboxylic acids is 1. The molecule has 2 aliphatic rings. The van der Waals surface area contributed by atoms with Crippen LogP contribution in [0.2, 0.25) is 0 Å². The van der Waals surface area contributed by atoms with Gasteiger partial charge in [0.15, 0.2) is 0 Å². The molecule has 0 aromatic carbocycles. The van der Waals surface area contributed by atoms with E-state index in [1.165, 1.54) is 18.6 Å². The Labute approximate surface area is 163 Å². The summed E-state index contributed by atoms with van der Waals surface area (Å²) >= 11 is 0. The predicted octanol–water partition coefficient (Wildman–Crippen LogP) is 4.67. The summed E-state index contributed by atoms with van der Waals surface area (Å²) in [6.07, 6.45) is 9.77. The number of alkyl halides is 2. The van der Waals surface area contributed by atoms with E-state index in [2.05, 4.69) is 10.3 Å². The predicted molar refractivity (Wildman–Crippen MR) is 102 cm³/mol. The molecule has 0 radical (unpaired) electrons. The van der Waals surface area contributed by atoms with E-state index >= 15 is 0 Å². The number of ether oxygens (including phenoxy) is 2. The highest BCUT2D eigenvalue weighted by atomic mass is 19.3. The van der Waals surface area contributed by atoms with Crippen LogP contribution in [0.1, 0.15) is 43.7 Å². The van der Waals surface area contributed by atoms with Gasteiger partial charge in [0, 0.05) is 30.1 Å². The molecule has 1 N–H and O–H groups in total. The average molecular weight is 392 g/mol. The first-order valence-electron chi connectivity index (χ1n) is 9.51. The number of nitrogens with zero attached hydrogens (tertiary/aromatic N) is 1. The van der Waals surface area contributed by atoms with E-state index in [0.717, 1.165) is 24.0 Å². The van der Waals surface area contributed by atoms with Gasteiger partial charge in [-0.05, 0) is 62.8 Å². The Hall–Kier alpha value is -2.28. The van der Waals surface area contributed by atoms with Crippen LogP contribution in [0.15, 0.2) is 35.9 Å². The number of rotatable bonds is 7. The zero-order valence-electron chi connectivity index (χ0n) is 16.4. The van der Waals surface area contributed by atoms with Crippen molar-refractivity contribution in [2.24, 2.45) is 5.92 Å². The summed E-state index contributed by atoms with van der Waals surface area (Å²) in [5, 5.41) is 2.91. The van der Waals surface area contributed by atoms with Crippen LogP contribution >= 0.6 is 0 Å². The first-order valence-corrected chi connectivity index (χ1v) is 9.51. The van der Waals surface area contributed by atoms with Gasteiger partial charge in [0.05, 0.1) is 6.61 Å². The number of anilines is 1. The number of carbonyl (C=O) groups is 1. The molecule has 0 spiro atoms. The van der Waals surface area contributed by atoms with Crippen LogP contribution in [-0.4, -0.2) is 29.7 Å². The number of hydrogen-bond donors (Lipinski definition) is 1. The van der Waals surface area contributed by atoms with Crippen molar-refractivity contribution in [3.8, 4) is 0 Å². The van der Waals surface area contributed by atoms with E-state index in [-0.39, 0.29) is 18.1 Å². The third-order valence-corrected chi connectivity index (χ3v) is 5.42. The van der Waals surface area contributed by atoms with Crippen molar-refractivity contribution in [1.82, 2.24) is 4.98 Å². The highest BCUT2D eigenvalue weighted by Crippen LogP contribution is 2.37. The van der Waals surface area contributed by atoms with Gasteiger partial charge < -0.3 is 14.8 Å². The molecule has 1 aromatic heterocycles. The van der Waals surface area contributed by atoms with Crippen LogP contribution in [0.5, 0.6) is 0 Å². The number of aryl methyl sites for hydroxylation is 2. The van der Waals surface area contributed by atoms with Gasteiger partial charge in [-0.25, -0.2) is 0 Å². The minimum atomic E-state index is -2.94. The number of hydrogen-bond acceptors (Lipinski definition) is 4. The molecule has 2 aliphatic carbocycles. The first kappa shape index (κ1) is 20.5. The van der Waals surface area contributed by atoms with E-state index in [1.807, 2.05) is 13.8 Å². The minimum absolute atomic E-state index is 0.0506. The maximum absolute atomic E-state index is 12.8. The molecule has 3 rings (SSSR count). The summed E-state index contributed by atoms with van der Waals surface area (Å²) in [5.41, 5.74) is 1.76. The van der Waals surface area contributed by atoms with Gasteiger partial charge in [-0.3, -0.25) is 9.78 Å². The third kappa shape index (κ3) is 4.58. The van der Waals surface area contributed by atoms with Gasteiger partial charge in [-0.15, -0.1) is 0 Å². The van der Waals surface area contributed by atoms with E-state index in [9.17, 15) is 13.6 Å². The SMILES string of the molecule is Cc1cncc(C)c1NC(=O)C1=CC=C(OC(F)F)C(C)(OCC2CCC2)C1. The van der Waals surface area contributed by atoms with Crippen LogP contribution in [0, 0.1) is 19.8 Å². The number of aromatic nitrogens is 1. The number of nitrogens with one attached hydrogen (secondary N) is 1. The standard InChI is InChI=1S/C21H26F2N2O3/c1-13-10-24-11-14(2)18(13)25-19(26)16-7-8-17(28-20(22)23)21(3,9-16)27-12-15-5-4-6-15/h7-8,10-11,15,20H,4-6,9,12H2,1-3H3,(H,24,25,26). The Morgan fingerprint density at radius 2 is 1.96 bits per heavy atom. The van der Waals surface area contributed by atoms with E-state index in [1.54, 1.807) is 19.3 Å². The van der Waals surface area contributed by atoms with Crippen molar-refractivity contribution in [2.75, 3.05) is 11.9 Å². The zero-order chi connectivity index (χ0) is 20.3. The molecule has 5 nitrogen and oxygen atoms in total. The summed E-state index contributed by atoms with van der Waals surface area (Å²) in [5.74, 6) is 0.202. The Morgan fingerprint density at radius 1 is 1.29 bits per heavy atom. The molecule has 0 saturated heterocycles. The minimum Gasteiger partial charge on any atom is -0.436 e. The molecule has 28 heavy (non-hydrogen) atoms.